The molecule has 1 heterocycles. The molecule has 0 unspecified atom stereocenters. The van der Waals surface area contributed by atoms with Crippen molar-refractivity contribution in [2.24, 2.45) is 0 Å². The lowest BCUT2D eigenvalue weighted by Gasteiger charge is -2.09. The predicted molar refractivity (Wildman–Crippen MR) is 65.5 cm³/mol. The Morgan fingerprint density at radius 3 is 2.29 bits per heavy atom. The van der Waals surface area contributed by atoms with Crippen molar-refractivity contribution >= 4 is 14.0 Å². The molecule has 1 aromatic rings. The van der Waals surface area contributed by atoms with Crippen LogP contribution in [0, 0.1) is 0 Å². The molecule has 1 aliphatic rings. The fourth-order valence-electron chi connectivity index (χ4n) is 1.82. The third-order valence-corrected chi connectivity index (χ3v) is 5.18. The zero-order chi connectivity index (χ0) is 9.80. The van der Waals surface area contributed by atoms with Gasteiger partial charge in [0.25, 0.3) is 0 Å². The van der Waals surface area contributed by atoms with Crippen LogP contribution in [0.25, 0.3) is 5.20 Å². The van der Waals surface area contributed by atoms with Crippen LogP contribution in [0.1, 0.15) is 12.5 Å². The van der Waals surface area contributed by atoms with Crippen LogP contribution in [-0.2, 0) is 0 Å². The number of hydrogen-bond donors (Lipinski definition) is 0. The average molecular weight is 198 g/mol. The molecular formula is C13H14Si. The Morgan fingerprint density at radius 2 is 1.71 bits per heavy atom. The highest BCUT2D eigenvalue weighted by atomic mass is 28.3. The van der Waals surface area contributed by atoms with E-state index in [1.165, 1.54) is 10.8 Å². The SMILES string of the molecule is C/C=C(/c1ccccc1)[SiH]1C=CC=C1. The largest absolute Gasteiger partial charge is 0.118 e. The molecule has 0 aliphatic carbocycles. The monoisotopic (exact) mass is 198 g/mol. The lowest BCUT2D eigenvalue weighted by Crippen LogP contribution is -2.07. The second-order valence-electron chi connectivity index (χ2n) is 3.41. The Morgan fingerprint density at radius 1 is 1.07 bits per heavy atom. The number of hydrogen-bond acceptors (Lipinski definition) is 0. The molecule has 1 heteroatoms. The Balaban J connectivity index is 2.32. The van der Waals surface area contributed by atoms with Gasteiger partial charge in [-0.25, -0.2) is 0 Å². The highest BCUT2D eigenvalue weighted by Crippen LogP contribution is 2.20. The number of benzene rings is 1. The number of allylic oxidation sites excluding steroid dienone is 3. The fourth-order valence-corrected chi connectivity index (χ4v) is 4.06. The third-order valence-electron chi connectivity index (χ3n) is 2.53. The van der Waals surface area contributed by atoms with Crippen LogP contribution in [0.5, 0.6) is 0 Å². The van der Waals surface area contributed by atoms with Gasteiger partial charge in [-0.3, -0.25) is 0 Å². The van der Waals surface area contributed by atoms with Crippen LogP contribution >= 0.6 is 0 Å². The summed E-state index contributed by atoms with van der Waals surface area (Å²) in [6, 6.07) is 10.7. The normalized spacial score (nSPS) is 16.5. The first-order valence-corrected chi connectivity index (χ1v) is 6.89. The van der Waals surface area contributed by atoms with Crippen molar-refractivity contribution in [1.29, 1.82) is 0 Å². The van der Waals surface area contributed by atoms with Gasteiger partial charge in [-0.05, 0) is 12.5 Å². The molecule has 1 aromatic carbocycles. The molecule has 0 amide bonds. The van der Waals surface area contributed by atoms with Crippen molar-refractivity contribution in [3.05, 3.63) is 65.5 Å². The molecule has 0 atom stereocenters. The van der Waals surface area contributed by atoms with Crippen molar-refractivity contribution in [3.63, 3.8) is 0 Å². The smallest absolute Gasteiger partial charge is 0.0893 e. The second kappa shape index (κ2) is 4.25. The van der Waals surface area contributed by atoms with Gasteiger partial charge in [0.1, 0.15) is 8.80 Å². The van der Waals surface area contributed by atoms with E-state index in [1.807, 2.05) is 0 Å². The van der Waals surface area contributed by atoms with Gasteiger partial charge < -0.3 is 0 Å². The van der Waals surface area contributed by atoms with E-state index in [0.717, 1.165) is 0 Å². The summed E-state index contributed by atoms with van der Waals surface area (Å²) in [5, 5.41) is 1.52. The topological polar surface area (TPSA) is 0 Å². The maximum Gasteiger partial charge on any atom is 0.118 e. The molecule has 2 rings (SSSR count). The van der Waals surface area contributed by atoms with E-state index in [2.05, 4.69) is 66.9 Å². The molecule has 0 saturated carbocycles. The molecule has 0 bridgehead atoms. The summed E-state index contributed by atoms with van der Waals surface area (Å²) in [4.78, 5) is 0. The summed E-state index contributed by atoms with van der Waals surface area (Å²) in [7, 11) is -0.923. The maximum absolute atomic E-state index is 2.36. The lowest BCUT2D eigenvalue weighted by atomic mass is 10.2. The molecule has 70 valence electrons. The standard InChI is InChI=1S/C13H14Si/c1-2-13(14-10-6-7-11-14)12-8-4-3-5-9-12/h2-11,14H,1H3/b13-2-. The molecular weight excluding hydrogens is 184 g/mol. The van der Waals surface area contributed by atoms with Crippen molar-refractivity contribution in [2.75, 3.05) is 0 Å². The first-order valence-electron chi connectivity index (χ1n) is 4.98. The molecule has 0 spiro atoms. The zero-order valence-corrected chi connectivity index (χ0v) is 9.51. The van der Waals surface area contributed by atoms with Crippen molar-refractivity contribution in [3.8, 4) is 0 Å². The molecule has 0 fully saturated rings. The number of rotatable bonds is 2. The van der Waals surface area contributed by atoms with Gasteiger partial charge in [0.15, 0.2) is 0 Å². The van der Waals surface area contributed by atoms with E-state index in [4.69, 9.17) is 0 Å². The van der Waals surface area contributed by atoms with Crippen LogP contribution in [0.3, 0.4) is 0 Å². The Kier molecular flexibility index (Phi) is 2.80. The van der Waals surface area contributed by atoms with Gasteiger partial charge in [0, 0.05) is 0 Å². The van der Waals surface area contributed by atoms with E-state index in [-0.39, 0.29) is 0 Å². The van der Waals surface area contributed by atoms with E-state index in [0.29, 0.717) is 0 Å². The minimum absolute atomic E-state index is 0.923. The molecule has 0 nitrogen and oxygen atoms in total. The minimum Gasteiger partial charge on any atom is -0.0893 e. The van der Waals surface area contributed by atoms with Gasteiger partial charge in [-0.15, -0.1) is 0 Å². The van der Waals surface area contributed by atoms with E-state index in [9.17, 15) is 0 Å². The van der Waals surface area contributed by atoms with Crippen LogP contribution in [0.4, 0.5) is 0 Å². The van der Waals surface area contributed by atoms with Gasteiger partial charge in [0.05, 0.1) is 0 Å². The molecule has 14 heavy (non-hydrogen) atoms. The quantitative estimate of drug-likeness (QED) is 0.641. The summed E-state index contributed by atoms with van der Waals surface area (Å²) in [5.41, 5.74) is 6.10. The van der Waals surface area contributed by atoms with Gasteiger partial charge in [-0.1, -0.05) is 65.2 Å². The zero-order valence-electron chi connectivity index (χ0n) is 8.35. The highest BCUT2D eigenvalue weighted by Gasteiger charge is 2.12. The van der Waals surface area contributed by atoms with Crippen LogP contribution < -0.4 is 0 Å². The molecule has 0 N–H and O–H groups in total. The van der Waals surface area contributed by atoms with Crippen molar-refractivity contribution in [2.45, 2.75) is 6.92 Å². The summed E-state index contributed by atoms with van der Waals surface area (Å²) in [6.45, 7) is 2.13. The highest BCUT2D eigenvalue weighted by molar-refractivity contribution is 6.87. The summed E-state index contributed by atoms with van der Waals surface area (Å²) in [6.07, 6.45) is 6.60. The van der Waals surface area contributed by atoms with E-state index >= 15 is 0 Å². The van der Waals surface area contributed by atoms with Crippen LogP contribution in [0.2, 0.25) is 0 Å². The molecule has 0 saturated heterocycles. The summed E-state index contributed by atoms with van der Waals surface area (Å²) in [5.74, 6) is 0. The second-order valence-corrected chi connectivity index (χ2v) is 5.85. The van der Waals surface area contributed by atoms with Crippen LogP contribution in [-0.4, -0.2) is 8.80 Å². The van der Waals surface area contributed by atoms with Gasteiger partial charge in [0.2, 0.25) is 0 Å². The molecule has 0 aromatic heterocycles. The first-order chi connectivity index (χ1) is 6.92. The van der Waals surface area contributed by atoms with Gasteiger partial charge >= 0.3 is 0 Å². The third kappa shape index (κ3) is 1.78. The predicted octanol–water partition coefficient (Wildman–Crippen LogP) is 3.06. The van der Waals surface area contributed by atoms with Crippen LogP contribution in [0.15, 0.2) is 60.0 Å². The Hall–Kier alpha value is -1.34. The van der Waals surface area contributed by atoms with E-state index < -0.39 is 8.80 Å². The Bertz CT molecular complexity index is 373. The minimum atomic E-state index is -0.923. The summed E-state index contributed by atoms with van der Waals surface area (Å²) >= 11 is 0. The lowest BCUT2D eigenvalue weighted by molar-refractivity contribution is 1.62. The van der Waals surface area contributed by atoms with E-state index in [1.54, 1.807) is 0 Å². The fraction of sp³-hybridized carbons (Fsp3) is 0.0769. The average Bonchev–Trinajstić information content (AvgIpc) is 2.74. The van der Waals surface area contributed by atoms with Crippen molar-refractivity contribution < 1.29 is 0 Å². The van der Waals surface area contributed by atoms with Gasteiger partial charge in [-0.2, -0.15) is 0 Å². The maximum atomic E-state index is 2.36. The summed E-state index contributed by atoms with van der Waals surface area (Å²) < 4.78 is 0. The Labute approximate surface area is 86.9 Å². The molecule has 0 radical (unpaired) electrons. The van der Waals surface area contributed by atoms with Crippen molar-refractivity contribution in [1.82, 2.24) is 0 Å². The molecule has 1 aliphatic heterocycles. The first kappa shape index (κ1) is 9.22.